The number of ether oxygens (including phenoxy) is 1. The summed E-state index contributed by atoms with van der Waals surface area (Å²) < 4.78 is 5.00. The highest BCUT2D eigenvalue weighted by atomic mass is 32.2. The van der Waals surface area contributed by atoms with Crippen LogP contribution in [0, 0.1) is 0 Å². The number of hydrogen-bond acceptors (Lipinski definition) is 4. The maximum absolute atomic E-state index is 12.0. The Morgan fingerprint density at radius 2 is 2.00 bits per heavy atom. The van der Waals surface area contributed by atoms with Gasteiger partial charge in [0.05, 0.1) is 5.88 Å². The number of thioether (sulfide) groups is 1. The maximum Gasteiger partial charge on any atom is 0.411 e. The molecule has 2 fully saturated rings. The van der Waals surface area contributed by atoms with Gasteiger partial charge in [0.15, 0.2) is 0 Å². The van der Waals surface area contributed by atoms with Crippen LogP contribution in [0.2, 0.25) is 0 Å². The van der Waals surface area contributed by atoms with Crippen LogP contribution in [0.4, 0.5) is 4.79 Å². The highest BCUT2D eigenvalue weighted by Gasteiger charge is 2.57. The summed E-state index contributed by atoms with van der Waals surface area (Å²) in [5, 5.41) is 9.37. The van der Waals surface area contributed by atoms with Crippen LogP contribution in [0.15, 0.2) is 0 Å². The fourth-order valence-electron chi connectivity index (χ4n) is 2.42. The molecule has 1 aliphatic heterocycles. The summed E-state index contributed by atoms with van der Waals surface area (Å²) >= 11 is 1.57. The average Bonchev–Trinajstić information content (AvgIpc) is 2.53. The molecule has 2 rings (SSSR count). The van der Waals surface area contributed by atoms with Crippen molar-refractivity contribution in [2.75, 3.05) is 5.88 Å². The summed E-state index contributed by atoms with van der Waals surface area (Å²) in [5.74, 6) is -0.517. The molecule has 0 bridgehead atoms. The minimum absolute atomic E-state index is 0.275. The van der Waals surface area contributed by atoms with Gasteiger partial charge in [0.25, 0.3) is 0 Å². The molecular formula is C12H19NO4S. The van der Waals surface area contributed by atoms with Crippen LogP contribution in [0.5, 0.6) is 0 Å². The maximum atomic E-state index is 12.0. The van der Waals surface area contributed by atoms with Gasteiger partial charge in [-0.1, -0.05) is 6.42 Å². The fourth-order valence-corrected chi connectivity index (χ4v) is 4.03. The smallest absolute Gasteiger partial charge is 0.411 e. The van der Waals surface area contributed by atoms with Gasteiger partial charge in [0, 0.05) is 4.75 Å². The molecule has 18 heavy (non-hydrogen) atoms. The minimum atomic E-state index is -0.925. The van der Waals surface area contributed by atoms with Gasteiger partial charge < -0.3 is 9.84 Å². The lowest BCUT2D eigenvalue weighted by Gasteiger charge is -2.41. The summed E-state index contributed by atoms with van der Waals surface area (Å²) in [6.45, 7) is 5.34. The SMILES string of the molecule is CC(C)(C)OC(=O)N1CSC2(CCC2)[C@H]1C(=O)O. The Morgan fingerprint density at radius 1 is 1.39 bits per heavy atom. The molecule has 0 radical (unpaired) electrons. The zero-order valence-electron chi connectivity index (χ0n) is 10.9. The highest BCUT2D eigenvalue weighted by molar-refractivity contribution is 8.01. The molecule has 1 saturated carbocycles. The molecule has 1 amide bonds. The van der Waals surface area contributed by atoms with Crippen molar-refractivity contribution in [1.82, 2.24) is 4.90 Å². The van der Waals surface area contributed by atoms with Crippen molar-refractivity contribution in [3.8, 4) is 0 Å². The molecule has 1 aliphatic carbocycles. The van der Waals surface area contributed by atoms with Crippen molar-refractivity contribution >= 4 is 23.8 Å². The van der Waals surface area contributed by atoms with Crippen LogP contribution in [0.1, 0.15) is 40.0 Å². The van der Waals surface area contributed by atoms with Crippen molar-refractivity contribution < 1.29 is 19.4 Å². The number of amides is 1. The van der Waals surface area contributed by atoms with Gasteiger partial charge in [-0.3, -0.25) is 4.90 Å². The Kier molecular flexibility index (Phi) is 3.25. The van der Waals surface area contributed by atoms with Gasteiger partial charge in [-0.2, -0.15) is 0 Å². The normalized spacial score (nSPS) is 25.9. The molecule has 102 valence electrons. The van der Waals surface area contributed by atoms with Gasteiger partial charge in [-0.25, -0.2) is 9.59 Å². The van der Waals surface area contributed by atoms with E-state index in [0.29, 0.717) is 5.88 Å². The largest absolute Gasteiger partial charge is 0.480 e. The van der Waals surface area contributed by atoms with E-state index in [-0.39, 0.29) is 4.75 Å². The van der Waals surface area contributed by atoms with Crippen LogP contribution in [-0.4, -0.2) is 44.3 Å². The molecule has 0 unspecified atom stereocenters. The molecule has 0 aromatic rings. The Bertz CT molecular complexity index is 373. The number of carbonyl (C=O) groups is 2. The molecule has 1 spiro atoms. The van der Waals surface area contributed by atoms with Crippen molar-refractivity contribution in [3.05, 3.63) is 0 Å². The first-order valence-electron chi connectivity index (χ1n) is 6.12. The molecule has 0 aromatic heterocycles. The van der Waals surface area contributed by atoms with E-state index < -0.39 is 23.7 Å². The first kappa shape index (κ1) is 13.5. The summed E-state index contributed by atoms with van der Waals surface area (Å²) in [7, 11) is 0. The first-order valence-corrected chi connectivity index (χ1v) is 7.10. The van der Waals surface area contributed by atoms with E-state index in [2.05, 4.69) is 0 Å². The second-order valence-electron chi connectivity index (χ2n) is 5.88. The van der Waals surface area contributed by atoms with E-state index in [1.165, 1.54) is 4.90 Å². The Morgan fingerprint density at radius 3 is 2.39 bits per heavy atom. The van der Waals surface area contributed by atoms with Crippen LogP contribution in [0.3, 0.4) is 0 Å². The third kappa shape index (κ3) is 2.30. The van der Waals surface area contributed by atoms with Crippen molar-refractivity contribution in [3.63, 3.8) is 0 Å². The highest BCUT2D eigenvalue weighted by Crippen LogP contribution is 2.53. The molecule has 1 atom stereocenters. The molecule has 2 aliphatic rings. The van der Waals surface area contributed by atoms with Crippen LogP contribution >= 0.6 is 11.8 Å². The van der Waals surface area contributed by atoms with Crippen LogP contribution in [-0.2, 0) is 9.53 Å². The first-order chi connectivity index (χ1) is 8.25. The van der Waals surface area contributed by atoms with Gasteiger partial charge in [-0.05, 0) is 33.6 Å². The topological polar surface area (TPSA) is 66.8 Å². The molecule has 1 saturated heterocycles. The standard InChI is InChI=1S/C12H19NO4S/c1-11(2,3)17-10(16)13-7-18-12(5-4-6-12)8(13)9(14)15/h8H,4-7H2,1-3H3,(H,14,15)/t8-/m1/s1. The zero-order chi connectivity index (χ0) is 13.6. The Balaban J connectivity index is 2.13. The number of carboxylic acids is 1. The molecule has 1 N–H and O–H groups in total. The van der Waals surface area contributed by atoms with E-state index >= 15 is 0 Å². The monoisotopic (exact) mass is 273 g/mol. The third-order valence-corrected chi connectivity index (χ3v) is 4.98. The molecular weight excluding hydrogens is 254 g/mol. The second-order valence-corrected chi connectivity index (χ2v) is 7.24. The van der Waals surface area contributed by atoms with Gasteiger partial charge in [0.2, 0.25) is 0 Å². The molecule has 5 nitrogen and oxygen atoms in total. The van der Waals surface area contributed by atoms with Crippen molar-refractivity contribution in [1.29, 1.82) is 0 Å². The lowest BCUT2D eigenvalue weighted by molar-refractivity contribution is -0.144. The van der Waals surface area contributed by atoms with Crippen molar-refractivity contribution in [2.45, 2.75) is 56.4 Å². The summed E-state index contributed by atoms with van der Waals surface area (Å²) in [6.07, 6.45) is 2.26. The van der Waals surface area contributed by atoms with E-state index in [1.54, 1.807) is 32.5 Å². The Labute approximate surface area is 111 Å². The van der Waals surface area contributed by atoms with E-state index in [4.69, 9.17) is 4.74 Å². The summed E-state index contributed by atoms with van der Waals surface area (Å²) in [4.78, 5) is 24.8. The number of hydrogen-bond donors (Lipinski definition) is 1. The van der Waals surface area contributed by atoms with Crippen LogP contribution < -0.4 is 0 Å². The predicted molar refractivity (Wildman–Crippen MR) is 68.5 cm³/mol. The number of carbonyl (C=O) groups excluding carboxylic acids is 1. The van der Waals surface area contributed by atoms with E-state index in [9.17, 15) is 14.7 Å². The predicted octanol–water partition coefficient (Wildman–Crippen LogP) is 2.30. The third-order valence-electron chi connectivity index (χ3n) is 3.36. The quantitative estimate of drug-likeness (QED) is 0.794. The summed E-state index contributed by atoms with van der Waals surface area (Å²) in [5.41, 5.74) is -0.597. The lowest BCUT2D eigenvalue weighted by atomic mass is 9.78. The fraction of sp³-hybridized carbons (Fsp3) is 0.833. The van der Waals surface area contributed by atoms with Gasteiger partial charge in [-0.15, -0.1) is 11.8 Å². The van der Waals surface area contributed by atoms with Gasteiger partial charge >= 0.3 is 12.1 Å². The van der Waals surface area contributed by atoms with E-state index in [1.807, 2.05) is 0 Å². The lowest BCUT2D eigenvalue weighted by Crippen LogP contribution is -2.54. The van der Waals surface area contributed by atoms with E-state index in [0.717, 1.165) is 19.3 Å². The number of rotatable bonds is 1. The number of nitrogens with zero attached hydrogens (tertiary/aromatic N) is 1. The molecule has 0 aromatic carbocycles. The number of carboxylic acid groups (broad SMARTS) is 1. The minimum Gasteiger partial charge on any atom is -0.480 e. The molecule has 6 heteroatoms. The number of aliphatic carboxylic acids is 1. The van der Waals surface area contributed by atoms with Crippen molar-refractivity contribution in [2.24, 2.45) is 0 Å². The zero-order valence-corrected chi connectivity index (χ0v) is 11.7. The Hall–Kier alpha value is -0.910. The van der Waals surface area contributed by atoms with Gasteiger partial charge in [0.1, 0.15) is 11.6 Å². The van der Waals surface area contributed by atoms with Crippen LogP contribution in [0.25, 0.3) is 0 Å². The summed E-state index contributed by atoms with van der Waals surface area (Å²) in [6, 6.07) is -0.744. The second kappa shape index (κ2) is 4.33. The average molecular weight is 273 g/mol. The molecule has 1 heterocycles.